The highest BCUT2D eigenvalue weighted by atomic mass is 16.6. The molecule has 19 heteroatoms. The van der Waals surface area contributed by atoms with Gasteiger partial charge in [0.1, 0.15) is 30.5 Å². The zero-order chi connectivity index (χ0) is 43.4. The number of guanidine groups is 2. The molecular formula is C40H57N9O10. The number of nitrogens with one attached hydrogen (secondary N) is 5. The summed E-state index contributed by atoms with van der Waals surface area (Å²) in [4.78, 5) is 86.2. The molecule has 0 unspecified atom stereocenters. The number of nitrogens with zero attached hydrogens (tertiary/aromatic N) is 3. The molecule has 2 aromatic rings. The van der Waals surface area contributed by atoms with Crippen LogP contribution in [-0.4, -0.2) is 102 Å². The lowest BCUT2D eigenvalue weighted by atomic mass is 10.1. The van der Waals surface area contributed by atoms with Gasteiger partial charge in [0, 0.05) is 25.7 Å². The van der Waals surface area contributed by atoms with E-state index in [-0.39, 0.29) is 57.1 Å². The maximum Gasteiger partial charge on any atom is 0.437 e. The zero-order valence-electron chi connectivity index (χ0n) is 34.5. The van der Waals surface area contributed by atoms with Crippen LogP contribution in [0.4, 0.5) is 19.2 Å². The van der Waals surface area contributed by atoms with Crippen molar-refractivity contribution >= 4 is 48.1 Å². The van der Waals surface area contributed by atoms with Crippen molar-refractivity contribution < 1.29 is 47.7 Å². The van der Waals surface area contributed by atoms with E-state index >= 15 is 0 Å². The number of piperidine rings is 1. The summed E-state index contributed by atoms with van der Waals surface area (Å²) in [6, 6.07) is 16.4. The molecule has 1 aliphatic rings. The molecule has 322 valence electrons. The normalized spacial score (nSPS) is 14.7. The number of amides is 6. The molecule has 1 fully saturated rings. The number of aliphatic imine (C=N–C) groups is 2. The average Bonchev–Trinajstić information content (AvgIpc) is 3.15. The van der Waals surface area contributed by atoms with Gasteiger partial charge in [-0.05, 0) is 78.4 Å². The maximum absolute atomic E-state index is 13.4. The van der Waals surface area contributed by atoms with Crippen molar-refractivity contribution in [2.75, 3.05) is 26.2 Å². The molecule has 59 heavy (non-hydrogen) atoms. The first-order chi connectivity index (χ1) is 27.8. The van der Waals surface area contributed by atoms with Gasteiger partial charge in [-0.1, -0.05) is 60.7 Å². The molecule has 0 spiro atoms. The van der Waals surface area contributed by atoms with Crippen LogP contribution < -0.4 is 32.3 Å². The van der Waals surface area contributed by atoms with Crippen LogP contribution in [0.2, 0.25) is 0 Å². The van der Waals surface area contributed by atoms with Crippen molar-refractivity contribution in [1.29, 1.82) is 0 Å². The molecule has 2 atom stereocenters. The van der Waals surface area contributed by atoms with Gasteiger partial charge in [-0.15, -0.1) is 4.99 Å². The number of rotatable bonds is 13. The lowest BCUT2D eigenvalue weighted by molar-refractivity contribution is -0.127. The van der Waals surface area contributed by atoms with Crippen molar-refractivity contribution in [2.45, 2.75) is 104 Å². The van der Waals surface area contributed by atoms with Crippen molar-refractivity contribution in [1.82, 2.24) is 31.5 Å². The monoisotopic (exact) mass is 823 g/mol. The van der Waals surface area contributed by atoms with Gasteiger partial charge in [-0.25, -0.2) is 19.2 Å². The van der Waals surface area contributed by atoms with Crippen LogP contribution in [0.1, 0.15) is 78.4 Å². The van der Waals surface area contributed by atoms with Crippen LogP contribution >= 0.6 is 0 Å². The number of alkyl carbamates (subject to hydrolysis) is 3. The summed E-state index contributed by atoms with van der Waals surface area (Å²) in [6.45, 7) is 10.4. The van der Waals surface area contributed by atoms with E-state index in [1.54, 1.807) is 95.0 Å². The topological polar surface area (TPSA) is 253 Å². The summed E-state index contributed by atoms with van der Waals surface area (Å²) >= 11 is 0. The van der Waals surface area contributed by atoms with Crippen LogP contribution in [0, 0.1) is 0 Å². The van der Waals surface area contributed by atoms with Gasteiger partial charge in [0.25, 0.3) is 0 Å². The predicted octanol–water partition coefficient (Wildman–Crippen LogP) is 3.82. The Morgan fingerprint density at radius 1 is 0.814 bits per heavy atom. The molecule has 7 N–H and O–H groups in total. The molecule has 19 nitrogen and oxygen atoms in total. The number of carbonyl (C=O) groups excluding carboxylic acids is 6. The molecule has 1 heterocycles. The van der Waals surface area contributed by atoms with E-state index in [1.165, 1.54) is 0 Å². The first-order valence-corrected chi connectivity index (χ1v) is 19.2. The van der Waals surface area contributed by atoms with Crippen molar-refractivity contribution in [3.05, 3.63) is 71.8 Å². The van der Waals surface area contributed by atoms with Crippen molar-refractivity contribution in [2.24, 2.45) is 15.7 Å². The largest absolute Gasteiger partial charge is 0.444 e. The van der Waals surface area contributed by atoms with E-state index in [1.807, 2.05) is 12.1 Å². The molecule has 1 saturated heterocycles. The third-order valence-electron chi connectivity index (χ3n) is 7.93. The van der Waals surface area contributed by atoms with Gasteiger partial charge in [0.05, 0.1) is 6.54 Å². The van der Waals surface area contributed by atoms with Crippen LogP contribution in [0.5, 0.6) is 0 Å². The fourth-order valence-corrected chi connectivity index (χ4v) is 5.35. The molecule has 0 saturated carbocycles. The van der Waals surface area contributed by atoms with E-state index in [0.717, 1.165) is 11.1 Å². The Kier molecular flexibility index (Phi) is 18.4. The number of benzene rings is 2. The SMILES string of the molecule is CC(C)(C)OC(=O)/N=C(\N)N1CCC[C@H](NC(=O)CNC(=O)[C@@H](CCCN=C(NC(=O)OCc2ccccc2)NC(=O)OCc2ccccc2)NC(=O)OC(C)(C)C)C1. The minimum Gasteiger partial charge on any atom is -0.444 e. The van der Waals surface area contributed by atoms with Crippen LogP contribution in [-0.2, 0) is 41.8 Å². The van der Waals surface area contributed by atoms with E-state index in [0.29, 0.717) is 19.4 Å². The summed E-state index contributed by atoms with van der Waals surface area (Å²) in [5.41, 5.74) is 5.93. The van der Waals surface area contributed by atoms with E-state index in [9.17, 15) is 28.8 Å². The summed E-state index contributed by atoms with van der Waals surface area (Å²) < 4.78 is 21.1. The summed E-state index contributed by atoms with van der Waals surface area (Å²) in [6.07, 6.45) is -2.00. The number of hydrogen-bond donors (Lipinski definition) is 6. The molecule has 2 aromatic carbocycles. The fraction of sp³-hybridized carbons (Fsp3) is 0.500. The van der Waals surface area contributed by atoms with Gasteiger partial charge in [0.15, 0.2) is 0 Å². The summed E-state index contributed by atoms with van der Waals surface area (Å²) in [7, 11) is 0. The van der Waals surface area contributed by atoms with Gasteiger partial charge in [0.2, 0.25) is 23.7 Å². The van der Waals surface area contributed by atoms with E-state index in [2.05, 4.69) is 36.6 Å². The first kappa shape index (κ1) is 47.0. The Balaban J connectivity index is 1.61. The van der Waals surface area contributed by atoms with Crippen molar-refractivity contribution in [3.8, 4) is 0 Å². The Morgan fingerprint density at radius 2 is 1.37 bits per heavy atom. The zero-order valence-corrected chi connectivity index (χ0v) is 34.5. The molecular weight excluding hydrogens is 766 g/mol. The smallest absolute Gasteiger partial charge is 0.437 e. The highest BCUT2D eigenvalue weighted by Gasteiger charge is 2.27. The van der Waals surface area contributed by atoms with E-state index < -0.39 is 60.0 Å². The second-order valence-electron chi connectivity index (χ2n) is 15.5. The molecule has 0 aromatic heterocycles. The van der Waals surface area contributed by atoms with Gasteiger partial charge in [-0.2, -0.15) is 0 Å². The Hall–Kier alpha value is -6.40. The minimum absolute atomic E-state index is 0.0221. The number of nitrogens with two attached hydrogens (primary N) is 1. The van der Waals surface area contributed by atoms with E-state index in [4.69, 9.17) is 24.7 Å². The predicted molar refractivity (Wildman–Crippen MR) is 218 cm³/mol. The number of carbonyl (C=O) groups is 6. The fourth-order valence-electron chi connectivity index (χ4n) is 5.35. The number of likely N-dealkylation sites (tertiary alicyclic amines) is 1. The van der Waals surface area contributed by atoms with Crippen LogP contribution in [0.15, 0.2) is 70.6 Å². The standard InChI is InChI=1S/C40H57N9O10/c1-39(2,3)58-37(54)45-30(32(51)43-23-31(50)44-29-19-14-22-49(24-29)33(41)46-38(55)59-40(4,5)6)20-13-21-42-34(47-35(52)56-25-27-15-9-7-10-16-27)48-36(53)57-26-28-17-11-8-12-18-28/h7-12,15-18,29-30H,13-14,19-26H2,1-6H3,(H,43,51)(H,44,50)(H,45,54)(H2,41,46,55)(H2,42,47,48,52,53)/t29-,30+/m0/s1. The summed E-state index contributed by atoms with van der Waals surface area (Å²) in [5, 5.41) is 12.7. The van der Waals surface area contributed by atoms with Crippen LogP contribution in [0.3, 0.4) is 0 Å². The second-order valence-corrected chi connectivity index (χ2v) is 15.5. The Bertz CT molecular complexity index is 1720. The summed E-state index contributed by atoms with van der Waals surface area (Å²) in [5.74, 6) is -1.46. The van der Waals surface area contributed by atoms with Crippen molar-refractivity contribution in [3.63, 3.8) is 0 Å². The number of hydrogen-bond acceptors (Lipinski definition) is 11. The lowest BCUT2D eigenvalue weighted by Gasteiger charge is -2.33. The Morgan fingerprint density at radius 3 is 1.92 bits per heavy atom. The molecule has 0 radical (unpaired) electrons. The molecule has 6 amide bonds. The Labute approximate surface area is 344 Å². The number of ether oxygens (including phenoxy) is 4. The second kappa shape index (κ2) is 23.1. The highest BCUT2D eigenvalue weighted by molar-refractivity contribution is 6.01. The maximum atomic E-state index is 13.4. The average molecular weight is 824 g/mol. The van der Waals surface area contributed by atoms with Crippen LogP contribution in [0.25, 0.3) is 0 Å². The first-order valence-electron chi connectivity index (χ1n) is 19.2. The van der Waals surface area contributed by atoms with Gasteiger partial charge in [-0.3, -0.25) is 25.2 Å². The highest BCUT2D eigenvalue weighted by Crippen LogP contribution is 2.12. The third kappa shape index (κ3) is 20.0. The molecule has 3 rings (SSSR count). The molecule has 1 aliphatic heterocycles. The van der Waals surface area contributed by atoms with Gasteiger partial charge < -0.3 is 45.5 Å². The quantitative estimate of drug-likeness (QED) is 0.0730. The van der Waals surface area contributed by atoms with Gasteiger partial charge >= 0.3 is 24.4 Å². The molecule has 0 bridgehead atoms. The lowest BCUT2D eigenvalue weighted by Crippen LogP contribution is -2.54. The minimum atomic E-state index is -1.15. The third-order valence-corrected chi connectivity index (χ3v) is 7.93. The molecule has 0 aliphatic carbocycles.